The standard InChI is InChI=1S/C18H21N3O6/c22-15(10-21-16(23)18(20-17(21)24)5-1-2-6-18)19-7-8-25-12-3-4-13-14(9-12)27-11-26-13/h3-4,9H,1-2,5-8,10-11H2,(H,19,22)(H,20,24). The van der Waals surface area contributed by atoms with Gasteiger partial charge in [-0.1, -0.05) is 12.8 Å². The molecule has 9 heteroatoms. The fraction of sp³-hybridized carbons (Fsp3) is 0.500. The summed E-state index contributed by atoms with van der Waals surface area (Å²) in [6.45, 7) is 0.410. The van der Waals surface area contributed by atoms with Gasteiger partial charge in [0.05, 0.1) is 6.54 Å². The van der Waals surface area contributed by atoms with Crippen molar-refractivity contribution in [3.8, 4) is 17.2 Å². The maximum Gasteiger partial charge on any atom is 0.325 e. The summed E-state index contributed by atoms with van der Waals surface area (Å²) in [6.07, 6.45) is 3.09. The Balaban J connectivity index is 1.22. The fourth-order valence-electron chi connectivity index (χ4n) is 3.66. The highest BCUT2D eigenvalue weighted by atomic mass is 16.7. The van der Waals surface area contributed by atoms with Crippen molar-refractivity contribution in [2.24, 2.45) is 0 Å². The van der Waals surface area contributed by atoms with Gasteiger partial charge in [0, 0.05) is 6.07 Å². The number of carbonyl (C=O) groups is 3. The lowest BCUT2D eigenvalue weighted by molar-refractivity contribution is -0.134. The molecule has 1 aliphatic carbocycles. The highest BCUT2D eigenvalue weighted by molar-refractivity contribution is 6.09. The molecule has 0 unspecified atom stereocenters. The van der Waals surface area contributed by atoms with Gasteiger partial charge in [0.25, 0.3) is 5.91 Å². The normalized spacial score (nSPS) is 19.5. The summed E-state index contributed by atoms with van der Waals surface area (Å²) in [4.78, 5) is 37.6. The van der Waals surface area contributed by atoms with E-state index in [2.05, 4.69) is 10.6 Å². The molecule has 9 nitrogen and oxygen atoms in total. The molecular formula is C18H21N3O6. The first-order valence-electron chi connectivity index (χ1n) is 9.01. The van der Waals surface area contributed by atoms with Crippen LogP contribution in [0.15, 0.2) is 18.2 Å². The molecule has 1 saturated heterocycles. The van der Waals surface area contributed by atoms with E-state index in [1.54, 1.807) is 18.2 Å². The number of amides is 4. The number of urea groups is 1. The van der Waals surface area contributed by atoms with Crippen LogP contribution in [0, 0.1) is 0 Å². The Morgan fingerprint density at radius 3 is 2.81 bits per heavy atom. The summed E-state index contributed by atoms with van der Waals surface area (Å²) < 4.78 is 16.1. The van der Waals surface area contributed by atoms with Gasteiger partial charge in [-0.15, -0.1) is 0 Å². The van der Waals surface area contributed by atoms with E-state index in [0.717, 1.165) is 17.7 Å². The minimum absolute atomic E-state index is 0.193. The van der Waals surface area contributed by atoms with Crippen molar-refractivity contribution in [2.45, 2.75) is 31.2 Å². The lowest BCUT2D eigenvalue weighted by atomic mass is 9.98. The molecule has 4 amide bonds. The Bertz CT molecular complexity index is 774. The number of ether oxygens (including phenoxy) is 3. The van der Waals surface area contributed by atoms with Crippen molar-refractivity contribution in [3.63, 3.8) is 0 Å². The molecule has 2 aliphatic heterocycles. The molecule has 1 aromatic carbocycles. The molecule has 0 aromatic heterocycles. The molecule has 3 aliphatic rings. The smallest absolute Gasteiger partial charge is 0.325 e. The summed E-state index contributed by atoms with van der Waals surface area (Å²) in [7, 11) is 0. The first kappa shape index (κ1) is 17.4. The van der Waals surface area contributed by atoms with Gasteiger partial charge in [-0.2, -0.15) is 0 Å². The molecule has 1 aromatic rings. The van der Waals surface area contributed by atoms with Gasteiger partial charge in [0.15, 0.2) is 11.5 Å². The maximum absolute atomic E-state index is 12.5. The van der Waals surface area contributed by atoms with Crippen molar-refractivity contribution in [1.82, 2.24) is 15.5 Å². The molecule has 1 saturated carbocycles. The van der Waals surface area contributed by atoms with E-state index in [1.807, 2.05) is 0 Å². The topological polar surface area (TPSA) is 106 Å². The zero-order valence-electron chi connectivity index (χ0n) is 14.8. The van der Waals surface area contributed by atoms with Crippen LogP contribution in [0.5, 0.6) is 17.2 Å². The largest absolute Gasteiger partial charge is 0.492 e. The number of imide groups is 1. The average molecular weight is 375 g/mol. The zero-order valence-corrected chi connectivity index (χ0v) is 14.8. The van der Waals surface area contributed by atoms with E-state index in [-0.39, 0.29) is 32.4 Å². The van der Waals surface area contributed by atoms with Gasteiger partial charge >= 0.3 is 6.03 Å². The van der Waals surface area contributed by atoms with Crippen LogP contribution < -0.4 is 24.8 Å². The van der Waals surface area contributed by atoms with E-state index in [0.29, 0.717) is 30.1 Å². The predicted molar refractivity (Wildman–Crippen MR) is 92.5 cm³/mol. The lowest BCUT2D eigenvalue weighted by Gasteiger charge is -2.19. The molecular weight excluding hydrogens is 354 g/mol. The summed E-state index contributed by atoms with van der Waals surface area (Å²) in [5, 5.41) is 5.41. The van der Waals surface area contributed by atoms with Gasteiger partial charge < -0.3 is 24.8 Å². The van der Waals surface area contributed by atoms with Crippen LogP contribution in [0.1, 0.15) is 25.7 Å². The number of hydrogen-bond acceptors (Lipinski definition) is 6. The second kappa shape index (κ2) is 6.98. The highest BCUT2D eigenvalue weighted by Crippen LogP contribution is 2.35. The minimum atomic E-state index is -0.792. The van der Waals surface area contributed by atoms with Crippen molar-refractivity contribution in [3.05, 3.63) is 18.2 Å². The number of fused-ring (bicyclic) bond motifs is 1. The van der Waals surface area contributed by atoms with E-state index in [9.17, 15) is 14.4 Å². The number of rotatable bonds is 6. The molecule has 27 heavy (non-hydrogen) atoms. The number of nitrogens with one attached hydrogen (secondary N) is 2. The fourth-order valence-corrected chi connectivity index (χ4v) is 3.66. The van der Waals surface area contributed by atoms with Crippen LogP contribution in [0.3, 0.4) is 0 Å². The van der Waals surface area contributed by atoms with Gasteiger partial charge in [-0.25, -0.2) is 4.79 Å². The number of benzene rings is 1. The van der Waals surface area contributed by atoms with Crippen LogP contribution in [-0.4, -0.2) is 54.8 Å². The van der Waals surface area contributed by atoms with E-state index < -0.39 is 17.5 Å². The third kappa shape index (κ3) is 3.36. The van der Waals surface area contributed by atoms with Crippen molar-refractivity contribution in [2.75, 3.05) is 26.5 Å². The van der Waals surface area contributed by atoms with Gasteiger partial charge in [0.1, 0.15) is 24.4 Å². The monoisotopic (exact) mass is 375 g/mol. The molecule has 144 valence electrons. The van der Waals surface area contributed by atoms with E-state index >= 15 is 0 Å². The first-order valence-corrected chi connectivity index (χ1v) is 9.01. The Kier molecular flexibility index (Phi) is 4.51. The van der Waals surface area contributed by atoms with Gasteiger partial charge in [-0.05, 0) is 25.0 Å². The van der Waals surface area contributed by atoms with Crippen LogP contribution in [0.25, 0.3) is 0 Å². The van der Waals surface area contributed by atoms with Crippen LogP contribution in [0.4, 0.5) is 4.79 Å². The lowest BCUT2D eigenvalue weighted by Crippen LogP contribution is -2.45. The third-order valence-electron chi connectivity index (χ3n) is 5.04. The molecule has 0 bridgehead atoms. The van der Waals surface area contributed by atoms with E-state index in [1.165, 1.54) is 0 Å². The number of carbonyl (C=O) groups excluding carboxylic acids is 3. The Morgan fingerprint density at radius 1 is 1.22 bits per heavy atom. The molecule has 2 fully saturated rings. The molecule has 1 spiro atoms. The summed E-state index contributed by atoms with van der Waals surface area (Å²) in [6, 6.07) is 4.74. The molecule has 2 N–H and O–H groups in total. The minimum Gasteiger partial charge on any atom is -0.492 e. The SMILES string of the molecule is O=C(CN1C(=O)NC2(CCCC2)C1=O)NCCOc1ccc2c(c1)OCO2. The predicted octanol–water partition coefficient (Wildman–Crippen LogP) is 0.775. The van der Waals surface area contributed by atoms with Gasteiger partial charge in [0.2, 0.25) is 12.7 Å². The average Bonchev–Trinajstić information content (AvgIpc) is 3.36. The van der Waals surface area contributed by atoms with Crippen LogP contribution in [0.2, 0.25) is 0 Å². The van der Waals surface area contributed by atoms with Crippen molar-refractivity contribution in [1.29, 1.82) is 0 Å². The quantitative estimate of drug-likeness (QED) is 0.562. The maximum atomic E-state index is 12.5. The first-order chi connectivity index (χ1) is 13.1. The Labute approximate surface area is 155 Å². The van der Waals surface area contributed by atoms with Crippen molar-refractivity contribution < 1.29 is 28.6 Å². The summed E-state index contributed by atoms with van der Waals surface area (Å²) in [5.41, 5.74) is -0.792. The summed E-state index contributed by atoms with van der Waals surface area (Å²) >= 11 is 0. The molecule has 0 atom stereocenters. The Morgan fingerprint density at radius 2 is 2.00 bits per heavy atom. The van der Waals surface area contributed by atoms with Crippen LogP contribution >= 0.6 is 0 Å². The highest BCUT2D eigenvalue weighted by Gasteiger charge is 2.52. The number of hydrogen-bond donors (Lipinski definition) is 2. The summed E-state index contributed by atoms with van der Waals surface area (Å²) in [5.74, 6) is 1.20. The zero-order chi connectivity index (χ0) is 18.9. The van der Waals surface area contributed by atoms with Crippen molar-refractivity contribution >= 4 is 17.8 Å². The van der Waals surface area contributed by atoms with E-state index in [4.69, 9.17) is 14.2 Å². The van der Waals surface area contributed by atoms with Gasteiger partial charge in [-0.3, -0.25) is 14.5 Å². The second-order valence-electron chi connectivity index (χ2n) is 6.82. The van der Waals surface area contributed by atoms with Crippen LogP contribution in [-0.2, 0) is 9.59 Å². The molecule has 0 radical (unpaired) electrons. The molecule has 2 heterocycles. The second-order valence-corrected chi connectivity index (χ2v) is 6.82. The number of nitrogens with zero attached hydrogens (tertiary/aromatic N) is 1. The molecule has 4 rings (SSSR count). The Hall–Kier alpha value is -2.97. The third-order valence-corrected chi connectivity index (χ3v) is 5.04.